The molecule has 0 spiro atoms. The summed E-state index contributed by atoms with van der Waals surface area (Å²) in [6.45, 7) is 11.9. The van der Waals surface area contributed by atoms with E-state index in [2.05, 4.69) is 77.1 Å². The van der Waals surface area contributed by atoms with Crippen LogP contribution in [0.4, 0.5) is 0 Å². The molecule has 0 atom stereocenters. The van der Waals surface area contributed by atoms with Crippen molar-refractivity contribution in [3.8, 4) is 11.1 Å². The maximum Gasteiger partial charge on any atom is -1.00 e. The first-order chi connectivity index (χ1) is 11.4. The molecule has 3 heteroatoms. The molecule has 4 rings (SSSR count). The van der Waals surface area contributed by atoms with E-state index in [4.69, 9.17) is 0 Å². The van der Waals surface area contributed by atoms with E-state index in [9.17, 15) is 0 Å². The molecule has 2 aromatic rings. The van der Waals surface area contributed by atoms with Crippen molar-refractivity contribution in [3.05, 3.63) is 73.6 Å². The fourth-order valence-electron chi connectivity index (χ4n) is 4.25. The van der Waals surface area contributed by atoms with E-state index in [1.165, 1.54) is 16.7 Å². The number of hydrogen-bond acceptors (Lipinski definition) is 0. The summed E-state index contributed by atoms with van der Waals surface area (Å²) in [6.07, 6.45) is 1.13. The van der Waals surface area contributed by atoms with Gasteiger partial charge in [-0.3, -0.25) is 0 Å². The smallest absolute Gasteiger partial charge is 1.00 e. The molecule has 0 saturated heterocycles. The van der Waals surface area contributed by atoms with Gasteiger partial charge in [-0.15, -0.1) is 0 Å². The first kappa shape index (κ1) is 22.5. The molecular formula is C23H24HfI2. The minimum atomic E-state index is -1.06. The Kier molecular flexibility index (Phi) is 7.21. The van der Waals surface area contributed by atoms with Gasteiger partial charge in [0.15, 0.2) is 0 Å². The minimum absolute atomic E-state index is 0. The van der Waals surface area contributed by atoms with E-state index in [0.717, 1.165) is 6.42 Å². The molecule has 0 aliphatic heterocycles. The standard InChI is InChI=1S/C13H9.C10H15.Hf.2HI/c1-3-7-12-10(5-1)9-11-6-2-4-8-13(11)12;1-7-6-10(4,5)9(3)8(7)2;;;/h1-5,7-8H,9H2;1-5H3;;2*1H/q;;+2;;/p-2. The van der Waals surface area contributed by atoms with Gasteiger partial charge in [0.05, 0.1) is 0 Å². The van der Waals surface area contributed by atoms with Gasteiger partial charge in [-0.2, -0.15) is 0 Å². The summed E-state index contributed by atoms with van der Waals surface area (Å²) in [4.78, 5) is 0. The number of halogens is 2. The summed E-state index contributed by atoms with van der Waals surface area (Å²) < 4.78 is 3.50. The molecule has 0 unspecified atom stereocenters. The van der Waals surface area contributed by atoms with Gasteiger partial charge in [0, 0.05) is 0 Å². The molecule has 26 heavy (non-hydrogen) atoms. The second kappa shape index (κ2) is 8.32. The summed E-state index contributed by atoms with van der Waals surface area (Å²) >= 11 is -1.06. The summed E-state index contributed by atoms with van der Waals surface area (Å²) in [5.74, 6) is 0. The van der Waals surface area contributed by atoms with Crippen LogP contribution in [-0.4, -0.2) is 0 Å². The van der Waals surface area contributed by atoms with Crippen LogP contribution in [0.15, 0.2) is 62.5 Å². The molecule has 0 amide bonds. The summed E-state index contributed by atoms with van der Waals surface area (Å²) in [5, 5.41) is 0. The minimum Gasteiger partial charge on any atom is -1.00 e. The van der Waals surface area contributed by atoms with Crippen LogP contribution in [0, 0.1) is 5.41 Å². The van der Waals surface area contributed by atoms with Gasteiger partial charge in [-0.05, 0) is 0 Å². The Balaban J connectivity index is 0.00000121. The van der Waals surface area contributed by atoms with Crippen molar-refractivity contribution in [1.82, 2.24) is 0 Å². The predicted octanol–water partition coefficient (Wildman–Crippen LogP) is -0.376. The number of rotatable bonds is 2. The molecule has 2 aliphatic rings. The third kappa shape index (κ3) is 3.49. The summed E-state index contributed by atoms with van der Waals surface area (Å²) in [7, 11) is 0. The quantitative estimate of drug-likeness (QED) is 0.250. The number of allylic oxidation sites excluding steroid dienone is 4. The van der Waals surface area contributed by atoms with Crippen LogP contribution < -0.4 is 51.3 Å². The normalized spacial score (nSPS) is 16.5. The molecular weight excluding hydrogens is 709 g/mol. The molecule has 134 valence electrons. The first-order valence-electron chi connectivity index (χ1n) is 8.78. The fraction of sp³-hybridized carbons (Fsp3) is 0.304. The van der Waals surface area contributed by atoms with Crippen molar-refractivity contribution in [2.75, 3.05) is 0 Å². The van der Waals surface area contributed by atoms with Crippen LogP contribution >= 0.6 is 0 Å². The van der Waals surface area contributed by atoms with Gasteiger partial charge in [-0.1, -0.05) is 0 Å². The molecule has 2 aromatic carbocycles. The molecule has 0 bridgehead atoms. The van der Waals surface area contributed by atoms with E-state index in [0.29, 0.717) is 0 Å². The zero-order valence-corrected chi connectivity index (χ0v) is 23.9. The molecule has 0 N–H and O–H groups in total. The molecule has 0 saturated carbocycles. The Hall–Kier alpha value is 0.250. The van der Waals surface area contributed by atoms with Gasteiger partial charge in [0.1, 0.15) is 0 Å². The van der Waals surface area contributed by atoms with Gasteiger partial charge < -0.3 is 48.0 Å². The Bertz CT molecular complexity index is 920. The molecule has 0 fully saturated rings. The Morgan fingerprint density at radius 1 is 0.808 bits per heavy atom. The van der Waals surface area contributed by atoms with Crippen molar-refractivity contribution in [3.63, 3.8) is 0 Å². The average Bonchev–Trinajstić information content (AvgIpc) is 3.02. The monoisotopic (exact) mass is 734 g/mol. The number of fused-ring (bicyclic) bond motifs is 3. The maximum absolute atomic E-state index is 2.43. The SMILES string of the molecule is CC1=C(C)C(C)(C)[C]([Hf+2][c]2cccc3c2Cc2ccccc2-3)=C1C.[I-].[I-]. The number of benzene rings is 2. The fourth-order valence-corrected chi connectivity index (χ4v) is 10.4. The molecule has 0 radical (unpaired) electrons. The summed E-state index contributed by atoms with van der Waals surface area (Å²) in [6, 6.07) is 16.0. The topological polar surface area (TPSA) is 0 Å². The van der Waals surface area contributed by atoms with Crippen LogP contribution in [0.5, 0.6) is 0 Å². The molecule has 2 aliphatic carbocycles. The Labute approximate surface area is 203 Å². The molecule has 0 heterocycles. The van der Waals surface area contributed by atoms with Crippen molar-refractivity contribution >= 4 is 3.32 Å². The van der Waals surface area contributed by atoms with E-state index in [1.54, 1.807) is 28.9 Å². The van der Waals surface area contributed by atoms with Crippen LogP contribution in [0.25, 0.3) is 11.1 Å². The third-order valence-electron chi connectivity index (χ3n) is 6.17. The largest absolute Gasteiger partial charge is 1.00 e. The maximum atomic E-state index is 2.43. The predicted molar refractivity (Wildman–Crippen MR) is 99.2 cm³/mol. The van der Waals surface area contributed by atoms with Crippen molar-refractivity contribution in [2.45, 2.75) is 41.0 Å². The first-order valence-corrected chi connectivity index (χ1v) is 12.4. The van der Waals surface area contributed by atoms with Crippen molar-refractivity contribution < 1.29 is 70.9 Å². The average molecular weight is 733 g/mol. The zero-order chi connectivity index (χ0) is 17.1. The van der Waals surface area contributed by atoms with Gasteiger partial charge in [0.2, 0.25) is 0 Å². The van der Waals surface area contributed by atoms with Crippen LogP contribution in [0.3, 0.4) is 0 Å². The van der Waals surface area contributed by atoms with Crippen LogP contribution in [0.1, 0.15) is 45.7 Å². The second-order valence-corrected chi connectivity index (χ2v) is 12.3. The number of hydrogen-bond donors (Lipinski definition) is 0. The Morgan fingerprint density at radius 2 is 1.46 bits per heavy atom. The van der Waals surface area contributed by atoms with Crippen molar-refractivity contribution in [1.29, 1.82) is 0 Å². The molecule has 0 nitrogen and oxygen atoms in total. The van der Waals surface area contributed by atoms with E-state index in [-0.39, 0.29) is 53.4 Å². The summed E-state index contributed by atoms with van der Waals surface area (Å²) in [5.41, 5.74) is 11.1. The van der Waals surface area contributed by atoms with Gasteiger partial charge >= 0.3 is 157 Å². The van der Waals surface area contributed by atoms with E-state index < -0.39 is 22.9 Å². The van der Waals surface area contributed by atoms with Crippen LogP contribution in [-0.2, 0) is 29.3 Å². The van der Waals surface area contributed by atoms with Gasteiger partial charge in [0.25, 0.3) is 0 Å². The third-order valence-corrected chi connectivity index (χ3v) is 13.3. The zero-order valence-electron chi connectivity index (χ0n) is 16.0. The van der Waals surface area contributed by atoms with Crippen LogP contribution in [0.2, 0.25) is 0 Å². The van der Waals surface area contributed by atoms with E-state index in [1.807, 2.05) is 0 Å². The Morgan fingerprint density at radius 3 is 2.12 bits per heavy atom. The van der Waals surface area contributed by atoms with Crippen molar-refractivity contribution in [2.24, 2.45) is 5.41 Å². The van der Waals surface area contributed by atoms with Gasteiger partial charge in [-0.25, -0.2) is 0 Å². The van der Waals surface area contributed by atoms with E-state index >= 15 is 0 Å². The second-order valence-electron chi connectivity index (χ2n) is 7.67. The molecule has 0 aromatic heterocycles.